The van der Waals surface area contributed by atoms with Gasteiger partial charge in [-0.2, -0.15) is 0 Å². The van der Waals surface area contributed by atoms with Crippen molar-refractivity contribution in [3.63, 3.8) is 0 Å². The van der Waals surface area contributed by atoms with Crippen LogP contribution in [0.5, 0.6) is 0 Å². The van der Waals surface area contributed by atoms with Crippen LogP contribution < -0.4 is 0 Å². The van der Waals surface area contributed by atoms with E-state index in [0.717, 1.165) is 24.8 Å². The summed E-state index contributed by atoms with van der Waals surface area (Å²) in [6, 6.07) is 7.77. The third kappa shape index (κ3) is 3.77. The smallest absolute Gasteiger partial charge is 0.160 e. The molecule has 5 rings (SSSR count). The van der Waals surface area contributed by atoms with Crippen LogP contribution in [-0.4, -0.2) is 34.0 Å². The van der Waals surface area contributed by atoms with E-state index in [1.807, 2.05) is 37.3 Å². The SMILES string of the molecule is CC(=O)c1ccccc1[C@H]1C[C@@]2(C)[C@@H](CC=C(F)C2(O)CCCO)[C@@H]2CCC3=CC(=O)CC[C@@H]3[C@H]21. The first kappa shape index (κ1) is 24.6. The average Bonchev–Trinajstić information content (AvgIpc) is 2.84. The van der Waals surface area contributed by atoms with E-state index in [-0.39, 0.29) is 54.2 Å². The number of hydrogen-bond donors (Lipinski definition) is 2. The largest absolute Gasteiger partial charge is 0.396 e. The second-order valence-electron chi connectivity index (χ2n) is 11.6. The van der Waals surface area contributed by atoms with Gasteiger partial charge in [-0.3, -0.25) is 9.59 Å². The highest BCUT2D eigenvalue weighted by Gasteiger charge is 2.64. The van der Waals surface area contributed by atoms with E-state index in [0.29, 0.717) is 31.2 Å². The summed E-state index contributed by atoms with van der Waals surface area (Å²) in [5.74, 6) is 0.628. The minimum absolute atomic E-state index is 0.0140. The first-order chi connectivity index (χ1) is 16.7. The summed E-state index contributed by atoms with van der Waals surface area (Å²) in [6.45, 7) is 3.54. The molecule has 4 aliphatic rings. The van der Waals surface area contributed by atoms with Gasteiger partial charge in [0.25, 0.3) is 0 Å². The lowest BCUT2D eigenvalue weighted by Gasteiger charge is -2.63. The van der Waals surface area contributed by atoms with Crippen molar-refractivity contribution in [2.24, 2.45) is 29.1 Å². The lowest BCUT2D eigenvalue weighted by Crippen LogP contribution is -2.61. The molecule has 7 atom stereocenters. The zero-order chi connectivity index (χ0) is 25.0. The highest BCUT2D eigenvalue weighted by atomic mass is 19.1. The van der Waals surface area contributed by atoms with Gasteiger partial charge >= 0.3 is 0 Å². The second kappa shape index (κ2) is 9.08. The molecule has 1 unspecified atom stereocenters. The van der Waals surface area contributed by atoms with Crippen LogP contribution in [0.4, 0.5) is 4.39 Å². The van der Waals surface area contributed by atoms with Gasteiger partial charge in [0.15, 0.2) is 11.6 Å². The third-order valence-corrected chi connectivity index (χ3v) is 10.0. The van der Waals surface area contributed by atoms with Crippen LogP contribution in [0.3, 0.4) is 0 Å². The van der Waals surface area contributed by atoms with Crippen molar-refractivity contribution in [1.82, 2.24) is 0 Å². The van der Waals surface area contributed by atoms with E-state index in [1.165, 1.54) is 5.57 Å². The van der Waals surface area contributed by atoms with E-state index < -0.39 is 16.8 Å². The van der Waals surface area contributed by atoms with Crippen LogP contribution in [-0.2, 0) is 4.79 Å². The molecule has 1 aromatic rings. The molecule has 0 heterocycles. The monoisotopic (exact) mass is 480 g/mol. The number of ketones is 2. The number of hydrogen-bond acceptors (Lipinski definition) is 4. The summed E-state index contributed by atoms with van der Waals surface area (Å²) in [5, 5.41) is 21.5. The summed E-state index contributed by atoms with van der Waals surface area (Å²) in [7, 11) is 0. The molecule has 5 heteroatoms. The molecule has 0 aromatic heterocycles. The van der Waals surface area contributed by atoms with Crippen LogP contribution in [0.1, 0.15) is 87.1 Å². The highest BCUT2D eigenvalue weighted by Crippen LogP contribution is 2.67. The highest BCUT2D eigenvalue weighted by molar-refractivity contribution is 5.95. The Hall–Kier alpha value is -2.11. The number of aliphatic hydroxyl groups excluding tert-OH is 1. The zero-order valence-corrected chi connectivity index (χ0v) is 20.8. The van der Waals surface area contributed by atoms with Gasteiger partial charge < -0.3 is 10.2 Å². The first-order valence-corrected chi connectivity index (χ1v) is 13.2. The summed E-state index contributed by atoms with van der Waals surface area (Å²) < 4.78 is 15.5. The molecular weight excluding hydrogens is 443 g/mol. The van der Waals surface area contributed by atoms with Crippen molar-refractivity contribution in [2.45, 2.75) is 76.7 Å². The second-order valence-corrected chi connectivity index (χ2v) is 11.6. The quantitative estimate of drug-likeness (QED) is 0.531. The van der Waals surface area contributed by atoms with Crippen molar-refractivity contribution < 1.29 is 24.2 Å². The van der Waals surface area contributed by atoms with Gasteiger partial charge in [-0.1, -0.05) is 36.8 Å². The van der Waals surface area contributed by atoms with E-state index in [4.69, 9.17) is 0 Å². The maximum atomic E-state index is 15.5. The predicted molar refractivity (Wildman–Crippen MR) is 133 cm³/mol. The fourth-order valence-corrected chi connectivity index (χ4v) is 8.44. The van der Waals surface area contributed by atoms with Crippen LogP contribution in [0.15, 0.2) is 47.8 Å². The number of rotatable bonds is 5. The molecule has 2 fully saturated rings. The Morgan fingerprint density at radius 3 is 2.69 bits per heavy atom. The van der Waals surface area contributed by atoms with Crippen LogP contribution >= 0.6 is 0 Å². The molecule has 0 bridgehead atoms. The third-order valence-electron chi connectivity index (χ3n) is 10.0. The molecule has 35 heavy (non-hydrogen) atoms. The predicted octanol–water partition coefficient (Wildman–Crippen LogP) is 5.69. The molecule has 0 aliphatic heterocycles. The van der Waals surface area contributed by atoms with Crippen molar-refractivity contribution in [3.05, 3.63) is 58.9 Å². The summed E-state index contributed by atoms with van der Waals surface area (Å²) in [6.07, 6.45) is 8.28. The lowest BCUT2D eigenvalue weighted by atomic mass is 9.42. The summed E-state index contributed by atoms with van der Waals surface area (Å²) in [4.78, 5) is 24.9. The van der Waals surface area contributed by atoms with Gasteiger partial charge in [-0.25, -0.2) is 4.39 Å². The van der Waals surface area contributed by atoms with Gasteiger partial charge in [0.05, 0.1) is 0 Å². The van der Waals surface area contributed by atoms with Crippen molar-refractivity contribution in [2.75, 3.05) is 6.61 Å². The fourth-order valence-electron chi connectivity index (χ4n) is 8.44. The Kier molecular flexibility index (Phi) is 6.38. The maximum absolute atomic E-state index is 15.5. The molecule has 2 saturated carbocycles. The van der Waals surface area contributed by atoms with E-state index in [2.05, 4.69) is 0 Å². The number of halogens is 1. The number of benzene rings is 1. The molecule has 0 saturated heterocycles. The molecule has 0 amide bonds. The Morgan fingerprint density at radius 2 is 1.94 bits per heavy atom. The maximum Gasteiger partial charge on any atom is 0.160 e. The van der Waals surface area contributed by atoms with Crippen molar-refractivity contribution in [3.8, 4) is 0 Å². The number of fused-ring (bicyclic) bond motifs is 5. The Labute approximate surface area is 207 Å². The normalized spacial score (nSPS) is 38.5. The van der Waals surface area contributed by atoms with E-state index in [9.17, 15) is 19.8 Å². The minimum Gasteiger partial charge on any atom is -0.396 e. The summed E-state index contributed by atoms with van der Waals surface area (Å²) >= 11 is 0. The molecule has 1 aromatic carbocycles. The molecule has 4 aliphatic carbocycles. The Bertz CT molecular complexity index is 1090. The Morgan fingerprint density at radius 1 is 1.17 bits per heavy atom. The average molecular weight is 481 g/mol. The fraction of sp³-hybridized carbons (Fsp3) is 0.600. The number of Topliss-reactive ketones (excluding diaryl/α,β-unsaturated/α-hetero) is 1. The van der Waals surface area contributed by atoms with Gasteiger partial charge in [0.2, 0.25) is 0 Å². The van der Waals surface area contributed by atoms with E-state index >= 15 is 4.39 Å². The number of carbonyl (C=O) groups is 2. The molecule has 0 spiro atoms. The lowest BCUT2D eigenvalue weighted by molar-refractivity contribution is -0.165. The topological polar surface area (TPSA) is 74.6 Å². The van der Waals surface area contributed by atoms with E-state index in [1.54, 1.807) is 13.0 Å². The Balaban J connectivity index is 1.67. The van der Waals surface area contributed by atoms with Crippen LogP contribution in [0.25, 0.3) is 0 Å². The van der Waals surface area contributed by atoms with Gasteiger partial charge in [-0.05, 0) is 99.2 Å². The minimum atomic E-state index is -1.63. The standard InChI is InChI=1S/C30H37FO4/c1-18(33)21-6-3-4-7-23(21)25-17-29(2)26(12-13-27(31)30(29,35)14-5-15-32)24-10-8-19-16-20(34)9-11-22(19)28(24)25/h3-4,6-7,13,16,22,24-26,28,32,35H,5,8-12,14-15,17H2,1-2H3/t22-,24-,25+,26-,28+,29-,30?/m0/s1. The molecule has 2 N–H and O–H groups in total. The van der Waals surface area contributed by atoms with Gasteiger partial charge in [0, 0.05) is 24.0 Å². The van der Waals surface area contributed by atoms with Crippen LogP contribution in [0.2, 0.25) is 0 Å². The zero-order valence-electron chi connectivity index (χ0n) is 20.8. The molecule has 188 valence electrons. The van der Waals surface area contributed by atoms with Crippen molar-refractivity contribution >= 4 is 11.6 Å². The van der Waals surface area contributed by atoms with Crippen LogP contribution in [0, 0.1) is 29.1 Å². The van der Waals surface area contributed by atoms with Gasteiger partial charge in [0.1, 0.15) is 11.4 Å². The summed E-state index contributed by atoms with van der Waals surface area (Å²) in [5.41, 5.74) is 0.581. The number of aliphatic hydroxyl groups is 2. The van der Waals surface area contributed by atoms with Gasteiger partial charge in [-0.15, -0.1) is 0 Å². The molecule has 4 nitrogen and oxygen atoms in total. The molecular formula is C30H37FO4. The number of allylic oxidation sites excluding steroid dienone is 3. The first-order valence-electron chi connectivity index (χ1n) is 13.2. The number of carbonyl (C=O) groups excluding carboxylic acids is 2. The van der Waals surface area contributed by atoms with Crippen molar-refractivity contribution in [1.29, 1.82) is 0 Å². The molecule has 0 radical (unpaired) electrons.